The third-order valence-electron chi connectivity index (χ3n) is 2.53. The average molecular weight is 271 g/mol. The summed E-state index contributed by atoms with van der Waals surface area (Å²) in [7, 11) is -2.64. The third-order valence-corrected chi connectivity index (χ3v) is 4.44. The van der Waals surface area contributed by atoms with Crippen LogP contribution in [0.15, 0.2) is 0 Å². The van der Waals surface area contributed by atoms with Gasteiger partial charge in [0.2, 0.25) is 0 Å². The molecule has 0 spiro atoms. The summed E-state index contributed by atoms with van der Waals surface area (Å²) in [5.41, 5.74) is 0. The molecule has 1 aliphatic rings. The first-order chi connectivity index (χ1) is 7.49. The van der Waals surface area contributed by atoms with Gasteiger partial charge in [0, 0.05) is 19.0 Å². The largest absolute Gasteiger partial charge is 0.452 e. The molecule has 0 aromatic rings. The van der Waals surface area contributed by atoms with Crippen LogP contribution in [-0.4, -0.2) is 44.9 Å². The number of hydrogen-bond donors (Lipinski definition) is 1. The van der Waals surface area contributed by atoms with E-state index >= 15 is 0 Å². The lowest BCUT2D eigenvalue weighted by molar-refractivity contribution is 0.176. The number of alkyl halides is 1. The number of hydrogen-bond acceptors (Lipinski definition) is 4. The molecule has 0 bridgehead atoms. The quantitative estimate of drug-likeness (QED) is 0.760. The van der Waals surface area contributed by atoms with Gasteiger partial charge < -0.3 is 4.74 Å². The van der Waals surface area contributed by atoms with E-state index in [0.717, 1.165) is 7.11 Å². The number of nitrogens with zero attached hydrogens (tertiary/aromatic N) is 1. The van der Waals surface area contributed by atoms with E-state index in [-0.39, 0.29) is 0 Å². The van der Waals surface area contributed by atoms with E-state index in [0.29, 0.717) is 37.7 Å². The SMILES string of the molecule is COC(=O)NS(=O)(=O)N1CCC(CCl)CC1. The van der Waals surface area contributed by atoms with Gasteiger partial charge in [-0.3, -0.25) is 0 Å². The minimum Gasteiger partial charge on any atom is -0.452 e. The smallest absolute Gasteiger partial charge is 0.421 e. The van der Waals surface area contributed by atoms with Gasteiger partial charge >= 0.3 is 16.3 Å². The molecule has 1 heterocycles. The van der Waals surface area contributed by atoms with Crippen LogP contribution in [-0.2, 0) is 14.9 Å². The van der Waals surface area contributed by atoms with Crippen LogP contribution in [0.4, 0.5) is 4.79 Å². The Balaban J connectivity index is 2.55. The van der Waals surface area contributed by atoms with E-state index in [1.54, 1.807) is 0 Å². The Hall–Kier alpha value is -0.530. The second-order valence-electron chi connectivity index (χ2n) is 3.60. The molecule has 1 aliphatic heterocycles. The summed E-state index contributed by atoms with van der Waals surface area (Å²) in [5.74, 6) is 0.893. The molecule has 1 fully saturated rings. The molecule has 94 valence electrons. The van der Waals surface area contributed by atoms with Gasteiger partial charge in [-0.25, -0.2) is 9.52 Å². The molecule has 16 heavy (non-hydrogen) atoms. The lowest BCUT2D eigenvalue weighted by atomic mass is 10.0. The summed E-state index contributed by atoms with van der Waals surface area (Å²) in [5, 5.41) is 0. The van der Waals surface area contributed by atoms with Crippen LogP contribution in [0.2, 0.25) is 0 Å². The van der Waals surface area contributed by atoms with Crippen molar-refractivity contribution in [1.29, 1.82) is 0 Å². The average Bonchev–Trinajstić information content (AvgIpc) is 2.28. The maximum Gasteiger partial charge on any atom is 0.421 e. The highest BCUT2D eigenvalue weighted by molar-refractivity contribution is 7.87. The molecule has 1 amide bonds. The maximum atomic E-state index is 11.6. The van der Waals surface area contributed by atoms with Crippen LogP contribution < -0.4 is 4.72 Å². The molecule has 0 unspecified atom stereocenters. The van der Waals surface area contributed by atoms with E-state index in [1.165, 1.54) is 4.31 Å². The van der Waals surface area contributed by atoms with Crippen molar-refractivity contribution in [2.75, 3.05) is 26.1 Å². The van der Waals surface area contributed by atoms with Crippen LogP contribution in [0.25, 0.3) is 0 Å². The molecular weight excluding hydrogens is 256 g/mol. The molecule has 0 aromatic carbocycles. The van der Waals surface area contributed by atoms with Crippen molar-refractivity contribution in [3.05, 3.63) is 0 Å². The van der Waals surface area contributed by atoms with Crippen LogP contribution in [0, 0.1) is 5.92 Å². The summed E-state index contributed by atoms with van der Waals surface area (Å²) >= 11 is 5.69. The van der Waals surface area contributed by atoms with Gasteiger partial charge in [-0.2, -0.15) is 12.7 Å². The predicted octanol–water partition coefficient (Wildman–Crippen LogP) is 0.538. The Labute approximate surface area is 100 Å². The van der Waals surface area contributed by atoms with Crippen molar-refractivity contribution in [1.82, 2.24) is 9.03 Å². The number of amides is 1. The zero-order chi connectivity index (χ0) is 12.2. The lowest BCUT2D eigenvalue weighted by Gasteiger charge is -2.29. The number of methoxy groups -OCH3 is 1. The Morgan fingerprint density at radius 1 is 1.50 bits per heavy atom. The molecule has 8 heteroatoms. The fourth-order valence-corrected chi connectivity index (χ4v) is 2.94. The lowest BCUT2D eigenvalue weighted by Crippen LogP contribution is -2.47. The van der Waals surface area contributed by atoms with Crippen molar-refractivity contribution in [3.63, 3.8) is 0 Å². The van der Waals surface area contributed by atoms with Crippen molar-refractivity contribution < 1.29 is 17.9 Å². The highest BCUT2D eigenvalue weighted by atomic mass is 35.5. The molecule has 0 radical (unpaired) electrons. The van der Waals surface area contributed by atoms with Crippen molar-refractivity contribution in [2.45, 2.75) is 12.8 Å². The van der Waals surface area contributed by atoms with Crippen LogP contribution in [0.3, 0.4) is 0 Å². The summed E-state index contributed by atoms with van der Waals surface area (Å²) in [6.07, 6.45) is 0.455. The van der Waals surface area contributed by atoms with Crippen LogP contribution in [0.5, 0.6) is 0 Å². The van der Waals surface area contributed by atoms with Gasteiger partial charge in [-0.15, -0.1) is 11.6 Å². The van der Waals surface area contributed by atoms with Gasteiger partial charge in [0.15, 0.2) is 0 Å². The second kappa shape index (κ2) is 5.70. The van der Waals surface area contributed by atoms with E-state index < -0.39 is 16.3 Å². The van der Waals surface area contributed by atoms with E-state index in [9.17, 15) is 13.2 Å². The maximum absolute atomic E-state index is 11.6. The molecule has 0 aromatic heterocycles. The fraction of sp³-hybridized carbons (Fsp3) is 0.875. The van der Waals surface area contributed by atoms with Crippen molar-refractivity contribution in [2.24, 2.45) is 5.92 Å². The normalized spacial score (nSPS) is 19.4. The van der Waals surface area contributed by atoms with Crippen molar-refractivity contribution in [3.8, 4) is 0 Å². The number of rotatable bonds is 3. The summed E-state index contributed by atoms with van der Waals surface area (Å²) in [6.45, 7) is 0.757. The molecule has 0 saturated carbocycles. The topological polar surface area (TPSA) is 75.7 Å². The summed E-state index contributed by atoms with van der Waals surface area (Å²) in [6, 6.07) is 0. The number of piperidine rings is 1. The van der Waals surface area contributed by atoms with Gasteiger partial charge in [0.05, 0.1) is 7.11 Å². The third kappa shape index (κ3) is 3.50. The van der Waals surface area contributed by atoms with Gasteiger partial charge in [0.25, 0.3) is 0 Å². The number of carbonyl (C=O) groups excluding carboxylic acids is 1. The van der Waals surface area contributed by atoms with E-state index in [2.05, 4.69) is 4.74 Å². The minimum atomic E-state index is -3.76. The van der Waals surface area contributed by atoms with Crippen LogP contribution in [0.1, 0.15) is 12.8 Å². The predicted molar refractivity (Wildman–Crippen MR) is 59.5 cm³/mol. The zero-order valence-corrected chi connectivity index (χ0v) is 10.6. The second-order valence-corrected chi connectivity index (χ2v) is 5.57. The Kier molecular flexibility index (Phi) is 4.82. The Morgan fingerprint density at radius 3 is 2.50 bits per heavy atom. The highest BCUT2D eigenvalue weighted by Crippen LogP contribution is 2.19. The fourth-order valence-electron chi connectivity index (χ4n) is 1.52. The number of nitrogens with one attached hydrogen (secondary N) is 1. The Morgan fingerprint density at radius 2 is 2.06 bits per heavy atom. The standard InChI is InChI=1S/C8H15ClN2O4S/c1-15-8(12)10-16(13,14)11-4-2-7(6-9)3-5-11/h7H,2-6H2,1H3,(H,10,12). The highest BCUT2D eigenvalue weighted by Gasteiger charge is 2.29. The molecule has 6 nitrogen and oxygen atoms in total. The van der Waals surface area contributed by atoms with Crippen molar-refractivity contribution >= 4 is 27.9 Å². The molecule has 1 saturated heterocycles. The number of ether oxygens (including phenoxy) is 1. The molecule has 1 rings (SSSR count). The van der Waals surface area contributed by atoms with Gasteiger partial charge in [-0.1, -0.05) is 0 Å². The minimum absolute atomic E-state index is 0.353. The zero-order valence-electron chi connectivity index (χ0n) is 8.98. The van der Waals surface area contributed by atoms with E-state index in [1.807, 2.05) is 4.72 Å². The first-order valence-corrected chi connectivity index (χ1v) is 6.89. The number of carbonyl (C=O) groups is 1. The summed E-state index contributed by atoms with van der Waals surface area (Å²) in [4.78, 5) is 10.8. The molecule has 1 N–H and O–H groups in total. The number of halogens is 1. The van der Waals surface area contributed by atoms with E-state index in [4.69, 9.17) is 11.6 Å². The van der Waals surface area contributed by atoms with Crippen LogP contribution >= 0.6 is 11.6 Å². The monoisotopic (exact) mass is 270 g/mol. The molecule has 0 aliphatic carbocycles. The Bertz CT molecular complexity index is 338. The first kappa shape index (κ1) is 13.5. The summed E-state index contributed by atoms with van der Waals surface area (Å²) < 4.78 is 30.5. The van der Waals surface area contributed by atoms with Gasteiger partial charge in [0.1, 0.15) is 0 Å². The molecular formula is C8H15ClN2O4S. The first-order valence-electron chi connectivity index (χ1n) is 4.91. The van der Waals surface area contributed by atoms with Gasteiger partial charge in [-0.05, 0) is 18.8 Å². The molecule has 0 atom stereocenters.